The third kappa shape index (κ3) is 3.27. The number of thiazole rings is 1. The molecular weight excluding hydrogens is 270 g/mol. The topological polar surface area (TPSA) is 54.9 Å². The van der Waals surface area contributed by atoms with Gasteiger partial charge in [0.1, 0.15) is 5.15 Å². The number of nitrogens with one attached hydrogen (secondary N) is 1. The number of hydrogen-bond donors (Lipinski definition) is 1. The summed E-state index contributed by atoms with van der Waals surface area (Å²) in [7, 11) is 0. The Labute approximate surface area is 114 Å². The van der Waals surface area contributed by atoms with E-state index in [0.29, 0.717) is 17.3 Å². The van der Waals surface area contributed by atoms with Crippen LogP contribution in [-0.4, -0.2) is 15.9 Å². The van der Waals surface area contributed by atoms with Crippen molar-refractivity contribution in [2.75, 3.05) is 0 Å². The Bertz CT molecular complexity index is 562. The van der Waals surface area contributed by atoms with Crippen LogP contribution in [0, 0.1) is 13.8 Å². The van der Waals surface area contributed by atoms with Gasteiger partial charge in [0.2, 0.25) is 0 Å². The molecule has 18 heavy (non-hydrogen) atoms. The first kappa shape index (κ1) is 13.0. The standard InChI is InChI=1S/C12H12ClN3OS/c1-7-3-9(4-11(13)16-7)12(17)15-6-10-5-14-8(2)18-10/h3-5H,6H2,1-2H3,(H,15,17). The summed E-state index contributed by atoms with van der Waals surface area (Å²) in [6.45, 7) is 4.21. The lowest BCUT2D eigenvalue weighted by Gasteiger charge is -2.04. The summed E-state index contributed by atoms with van der Waals surface area (Å²) in [5.74, 6) is -0.159. The summed E-state index contributed by atoms with van der Waals surface area (Å²) in [6, 6.07) is 3.26. The molecule has 0 aromatic carbocycles. The summed E-state index contributed by atoms with van der Waals surface area (Å²) in [6.07, 6.45) is 1.77. The molecule has 0 aliphatic rings. The maximum absolute atomic E-state index is 11.9. The second-order valence-corrected chi connectivity index (χ2v) is 5.55. The summed E-state index contributed by atoms with van der Waals surface area (Å²) >= 11 is 7.38. The molecule has 6 heteroatoms. The molecule has 0 aliphatic carbocycles. The minimum absolute atomic E-state index is 0.159. The van der Waals surface area contributed by atoms with Gasteiger partial charge in [0.15, 0.2) is 0 Å². The van der Waals surface area contributed by atoms with Crippen LogP contribution in [0.4, 0.5) is 0 Å². The molecule has 0 fully saturated rings. The van der Waals surface area contributed by atoms with Gasteiger partial charge in [-0.15, -0.1) is 11.3 Å². The highest BCUT2D eigenvalue weighted by molar-refractivity contribution is 7.11. The SMILES string of the molecule is Cc1cc(C(=O)NCc2cnc(C)s2)cc(Cl)n1. The first-order chi connectivity index (χ1) is 8.54. The third-order valence-electron chi connectivity index (χ3n) is 2.28. The Morgan fingerprint density at radius 1 is 1.44 bits per heavy atom. The Morgan fingerprint density at radius 3 is 2.83 bits per heavy atom. The average Bonchev–Trinajstić information content (AvgIpc) is 2.70. The van der Waals surface area contributed by atoms with Crippen LogP contribution in [0.15, 0.2) is 18.3 Å². The monoisotopic (exact) mass is 281 g/mol. The summed E-state index contributed by atoms with van der Waals surface area (Å²) in [4.78, 5) is 21.1. The zero-order valence-corrected chi connectivity index (χ0v) is 11.6. The maximum Gasteiger partial charge on any atom is 0.251 e. The van der Waals surface area contributed by atoms with Gasteiger partial charge in [0.25, 0.3) is 5.91 Å². The predicted octanol–water partition coefficient (Wildman–Crippen LogP) is 2.74. The molecule has 0 saturated heterocycles. The van der Waals surface area contributed by atoms with Crippen LogP contribution in [-0.2, 0) is 6.54 Å². The summed E-state index contributed by atoms with van der Waals surface area (Å²) in [5, 5.41) is 4.14. The number of pyridine rings is 1. The zero-order valence-electron chi connectivity index (χ0n) is 10.0. The van der Waals surface area contributed by atoms with E-state index in [4.69, 9.17) is 11.6 Å². The average molecular weight is 282 g/mol. The van der Waals surface area contributed by atoms with Gasteiger partial charge in [-0.05, 0) is 26.0 Å². The number of aryl methyl sites for hydroxylation is 2. The van der Waals surface area contributed by atoms with E-state index in [1.807, 2.05) is 6.92 Å². The lowest BCUT2D eigenvalue weighted by atomic mass is 10.2. The number of carbonyl (C=O) groups is 1. The van der Waals surface area contributed by atoms with Gasteiger partial charge in [0, 0.05) is 22.3 Å². The lowest BCUT2D eigenvalue weighted by Crippen LogP contribution is -2.22. The molecule has 4 nitrogen and oxygen atoms in total. The fourth-order valence-electron chi connectivity index (χ4n) is 1.52. The molecule has 2 heterocycles. The van der Waals surface area contributed by atoms with Crippen molar-refractivity contribution < 1.29 is 4.79 Å². The lowest BCUT2D eigenvalue weighted by molar-refractivity contribution is 0.0951. The number of carbonyl (C=O) groups excluding carboxylic acids is 1. The molecule has 0 unspecified atom stereocenters. The number of hydrogen-bond acceptors (Lipinski definition) is 4. The van der Waals surface area contributed by atoms with E-state index in [1.54, 1.807) is 36.6 Å². The van der Waals surface area contributed by atoms with E-state index in [-0.39, 0.29) is 5.91 Å². The van der Waals surface area contributed by atoms with Gasteiger partial charge < -0.3 is 5.32 Å². The number of nitrogens with zero attached hydrogens (tertiary/aromatic N) is 2. The van der Waals surface area contributed by atoms with Crippen LogP contribution in [0.5, 0.6) is 0 Å². The second-order valence-electron chi connectivity index (χ2n) is 3.85. The van der Waals surface area contributed by atoms with Crippen LogP contribution >= 0.6 is 22.9 Å². The zero-order chi connectivity index (χ0) is 13.1. The van der Waals surface area contributed by atoms with Crippen molar-refractivity contribution in [1.82, 2.24) is 15.3 Å². The molecule has 2 rings (SSSR count). The maximum atomic E-state index is 11.9. The van der Waals surface area contributed by atoms with E-state index < -0.39 is 0 Å². The van der Waals surface area contributed by atoms with Crippen LogP contribution in [0.25, 0.3) is 0 Å². The molecule has 2 aromatic heterocycles. The predicted molar refractivity (Wildman–Crippen MR) is 72.0 cm³/mol. The van der Waals surface area contributed by atoms with Crippen molar-refractivity contribution in [2.45, 2.75) is 20.4 Å². The van der Waals surface area contributed by atoms with E-state index in [2.05, 4.69) is 15.3 Å². The van der Waals surface area contributed by atoms with Crippen molar-refractivity contribution in [3.63, 3.8) is 0 Å². The highest BCUT2D eigenvalue weighted by Crippen LogP contribution is 2.13. The van der Waals surface area contributed by atoms with E-state index in [0.717, 1.165) is 15.6 Å². The molecule has 0 bridgehead atoms. The van der Waals surface area contributed by atoms with Gasteiger partial charge in [0.05, 0.1) is 11.6 Å². The van der Waals surface area contributed by atoms with Crippen LogP contribution in [0.1, 0.15) is 25.9 Å². The van der Waals surface area contributed by atoms with Crippen LogP contribution < -0.4 is 5.32 Å². The van der Waals surface area contributed by atoms with Gasteiger partial charge in [-0.3, -0.25) is 4.79 Å². The van der Waals surface area contributed by atoms with Crippen molar-refractivity contribution in [3.05, 3.63) is 44.6 Å². The Kier molecular flexibility index (Phi) is 3.93. The minimum atomic E-state index is -0.159. The third-order valence-corrected chi connectivity index (χ3v) is 3.38. The Balaban J connectivity index is 2.03. The summed E-state index contributed by atoms with van der Waals surface area (Å²) < 4.78 is 0. The molecule has 0 saturated carbocycles. The molecule has 0 spiro atoms. The van der Waals surface area contributed by atoms with Gasteiger partial charge >= 0.3 is 0 Å². The molecule has 1 N–H and O–H groups in total. The van der Waals surface area contributed by atoms with Crippen molar-refractivity contribution >= 4 is 28.8 Å². The smallest absolute Gasteiger partial charge is 0.251 e. The van der Waals surface area contributed by atoms with E-state index in [9.17, 15) is 4.79 Å². The molecule has 0 atom stereocenters. The van der Waals surface area contributed by atoms with Gasteiger partial charge in [-0.2, -0.15) is 0 Å². The fraction of sp³-hybridized carbons (Fsp3) is 0.250. The van der Waals surface area contributed by atoms with Gasteiger partial charge in [-0.25, -0.2) is 9.97 Å². The van der Waals surface area contributed by atoms with E-state index in [1.165, 1.54) is 0 Å². The first-order valence-electron chi connectivity index (χ1n) is 5.38. The van der Waals surface area contributed by atoms with Gasteiger partial charge in [-0.1, -0.05) is 11.6 Å². The van der Waals surface area contributed by atoms with Crippen LogP contribution in [0.3, 0.4) is 0 Å². The molecule has 1 amide bonds. The highest BCUT2D eigenvalue weighted by atomic mass is 35.5. The van der Waals surface area contributed by atoms with E-state index >= 15 is 0 Å². The molecule has 94 valence electrons. The minimum Gasteiger partial charge on any atom is -0.347 e. The number of halogens is 1. The molecule has 2 aromatic rings. The number of aromatic nitrogens is 2. The first-order valence-corrected chi connectivity index (χ1v) is 6.58. The largest absolute Gasteiger partial charge is 0.347 e. The quantitative estimate of drug-likeness (QED) is 0.880. The van der Waals surface area contributed by atoms with Crippen LogP contribution in [0.2, 0.25) is 5.15 Å². The van der Waals surface area contributed by atoms with Crippen molar-refractivity contribution in [1.29, 1.82) is 0 Å². The molecular formula is C12H12ClN3OS. The normalized spacial score (nSPS) is 10.4. The number of rotatable bonds is 3. The summed E-state index contributed by atoms with van der Waals surface area (Å²) in [5.41, 5.74) is 1.25. The second kappa shape index (κ2) is 5.46. The number of amides is 1. The Hall–Kier alpha value is -1.46. The van der Waals surface area contributed by atoms with Crippen molar-refractivity contribution in [3.8, 4) is 0 Å². The molecule has 0 aliphatic heterocycles. The highest BCUT2D eigenvalue weighted by Gasteiger charge is 2.08. The fourth-order valence-corrected chi connectivity index (χ4v) is 2.50. The molecule has 0 radical (unpaired) electrons. The Morgan fingerprint density at radius 2 is 2.22 bits per heavy atom. The van der Waals surface area contributed by atoms with Crippen molar-refractivity contribution in [2.24, 2.45) is 0 Å².